The lowest BCUT2D eigenvalue weighted by Crippen LogP contribution is -2.11. The molecule has 0 aliphatic carbocycles. The molecule has 0 saturated carbocycles. The van der Waals surface area contributed by atoms with E-state index in [-0.39, 0.29) is 12.3 Å². The van der Waals surface area contributed by atoms with Crippen molar-refractivity contribution in [2.45, 2.75) is 11.4 Å². The van der Waals surface area contributed by atoms with Crippen LogP contribution in [0.5, 0.6) is 0 Å². The standard InChI is InChI=1S/C15H11BrClNO4/c16-14(11-3-5-12(17)6-4-11)15(19)22-9-10-1-7-13(8-2-10)18(20)21/h1-8,14H,9H2. The van der Waals surface area contributed by atoms with E-state index in [4.69, 9.17) is 16.3 Å². The topological polar surface area (TPSA) is 69.4 Å². The summed E-state index contributed by atoms with van der Waals surface area (Å²) in [5.41, 5.74) is 1.41. The van der Waals surface area contributed by atoms with Gasteiger partial charge >= 0.3 is 5.97 Å². The van der Waals surface area contributed by atoms with Crippen LogP contribution < -0.4 is 0 Å². The molecule has 1 atom stereocenters. The summed E-state index contributed by atoms with van der Waals surface area (Å²) in [4.78, 5) is 21.4. The van der Waals surface area contributed by atoms with Crippen LogP contribution in [0.2, 0.25) is 5.02 Å². The summed E-state index contributed by atoms with van der Waals surface area (Å²) in [6.07, 6.45) is 0. The third-order valence-electron chi connectivity index (χ3n) is 2.90. The Kier molecular flexibility index (Phi) is 5.51. The first-order valence-corrected chi connectivity index (χ1v) is 7.56. The predicted molar refractivity (Wildman–Crippen MR) is 86.0 cm³/mol. The van der Waals surface area contributed by atoms with Crippen LogP contribution in [0.1, 0.15) is 16.0 Å². The molecule has 0 spiro atoms. The minimum atomic E-state index is -0.595. The van der Waals surface area contributed by atoms with Crippen molar-refractivity contribution in [1.82, 2.24) is 0 Å². The molecule has 1 unspecified atom stereocenters. The van der Waals surface area contributed by atoms with Gasteiger partial charge in [-0.2, -0.15) is 0 Å². The number of alkyl halides is 1. The molecule has 5 nitrogen and oxygen atoms in total. The molecule has 114 valence electrons. The summed E-state index contributed by atoms with van der Waals surface area (Å²) >= 11 is 9.07. The van der Waals surface area contributed by atoms with E-state index in [0.717, 1.165) is 5.56 Å². The average molecular weight is 385 g/mol. The summed E-state index contributed by atoms with van der Waals surface area (Å²) in [5, 5.41) is 11.1. The summed E-state index contributed by atoms with van der Waals surface area (Å²) in [6, 6.07) is 12.7. The Balaban J connectivity index is 1.94. The molecule has 0 aromatic heterocycles. The highest BCUT2D eigenvalue weighted by atomic mass is 79.9. The van der Waals surface area contributed by atoms with Crippen molar-refractivity contribution in [3.05, 3.63) is 74.8 Å². The lowest BCUT2D eigenvalue weighted by molar-refractivity contribution is -0.384. The molecule has 0 aliphatic heterocycles. The van der Waals surface area contributed by atoms with Crippen molar-refractivity contribution in [2.75, 3.05) is 0 Å². The number of non-ortho nitro benzene ring substituents is 1. The van der Waals surface area contributed by atoms with E-state index in [1.54, 1.807) is 36.4 Å². The summed E-state index contributed by atoms with van der Waals surface area (Å²) < 4.78 is 5.19. The number of nitro benzene ring substituents is 1. The van der Waals surface area contributed by atoms with Crippen LogP contribution in [-0.4, -0.2) is 10.9 Å². The molecular weight excluding hydrogens is 374 g/mol. The van der Waals surface area contributed by atoms with Gasteiger partial charge in [0, 0.05) is 17.2 Å². The maximum atomic E-state index is 12.0. The van der Waals surface area contributed by atoms with Crippen molar-refractivity contribution < 1.29 is 14.5 Å². The lowest BCUT2D eigenvalue weighted by Gasteiger charge is -2.10. The SMILES string of the molecule is O=C(OCc1ccc([N+](=O)[O-])cc1)C(Br)c1ccc(Cl)cc1. The van der Waals surface area contributed by atoms with Crippen molar-refractivity contribution in [1.29, 1.82) is 0 Å². The van der Waals surface area contributed by atoms with Crippen LogP contribution in [-0.2, 0) is 16.1 Å². The molecule has 0 amide bonds. The molecule has 7 heteroatoms. The maximum Gasteiger partial charge on any atom is 0.324 e. The second-order valence-corrected chi connectivity index (χ2v) is 5.80. The maximum absolute atomic E-state index is 12.0. The third-order valence-corrected chi connectivity index (χ3v) is 4.05. The number of ether oxygens (including phenoxy) is 1. The minimum absolute atomic E-state index is 0.00499. The molecular formula is C15H11BrClNO4. The monoisotopic (exact) mass is 383 g/mol. The molecule has 0 heterocycles. The molecule has 22 heavy (non-hydrogen) atoms. The van der Waals surface area contributed by atoms with Gasteiger partial charge in [-0.3, -0.25) is 14.9 Å². The highest BCUT2D eigenvalue weighted by Gasteiger charge is 2.18. The van der Waals surface area contributed by atoms with Crippen molar-refractivity contribution in [3.8, 4) is 0 Å². The molecule has 0 aliphatic rings. The van der Waals surface area contributed by atoms with Gasteiger partial charge in [0.1, 0.15) is 11.4 Å². The highest BCUT2D eigenvalue weighted by molar-refractivity contribution is 9.09. The van der Waals surface area contributed by atoms with Gasteiger partial charge in [-0.1, -0.05) is 39.7 Å². The van der Waals surface area contributed by atoms with E-state index in [0.29, 0.717) is 10.6 Å². The zero-order valence-electron chi connectivity index (χ0n) is 11.2. The molecule has 2 aromatic rings. The molecule has 0 saturated heterocycles. The lowest BCUT2D eigenvalue weighted by atomic mass is 10.1. The number of carbonyl (C=O) groups is 1. The Morgan fingerprint density at radius 1 is 1.18 bits per heavy atom. The number of nitro groups is 1. The number of hydrogen-bond donors (Lipinski definition) is 0. The Hall–Kier alpha value is -1.92. The molecule has 2 aromatic carbocycles. The van der Waals surface area contributed by atoms with E-state index < -0.39 is 15.7 Å². The number of hydrogen-bond acceptors (Lipinski definition) is 4. The Labute approximate surface area is 140 Å². The van der Waals surface area contributed by atoms with Gasteiger partial charge < -0.3 is 4.74 Å². The van der Waals surface area contributed by atoms with E-state index in [1.165, 1.54) is 12.1 Å². The number of esters is 1. The Morgan fingerprint density at radius 3 is 2.32 bits per heavy atom. The molecule has 0 bridgehead atoms. The van der Waals surface area contributed by atoms with Gasteiger partial charge in [0.2, 0.25) is 0 Å². The largest absolute Gasteiger partial charge is 0.460 e. The second-order valence-electron chi connectivity index (χ2n) is 4.45. The van der Waals surface area contributed by atoms with Crippen molar-refractivity contribution in [2.24, 2.45) is 0 Å². The van der Waals surface area contributed by atoms with Crippen molar-refractivity contribution in [3.63, 3.8) is 0 Å². The average Bonchev–Trinajstić information content (AvgIpc) is 2.53. The van der Waals surface area contributed by atoms with Crippen LogP contribution in [0.15, 0.2) is 48.5 Å². The van der Waals surface area contributed by atoms with Crippen LogP contribution in [0.3, 0.4) is 0 Å². The number of carbonyl (C=O) groups excluding carboxylic acids is 1. The minimum Gasteiger partial charge on any atom is -0.460 e. The summed E-state index contributed by atoms with van der Waals surface area (Å²) in [6.45, 7) is 0.0481. The van der Waals surface area contributed by atoms with Crippen LogP contribution in [0.25, 0.3) is 0 Å². The second kappa shape index (κ2) is 7.38. The number of rotatable bonds is 5. The Bertz CT molecular complexity index is 673. The van der Waals surface area contributed by atoms with E-state index >= 15 is 0 Å². The first-order valence-electron chi connectivity index (χ1n) is 6.27. The van der Waals surface area contributed by atoms with Gasteiger partial charge in [-0.15, -0.1) is 0 Å². The first-order chi connectivity index (χ1) is 10.5. The summed E-state index contributed by atoms with van der Waals surface area (Å²) in [5.74, 6) is -0.444. The fourth-order valence-electron chi connectivity index (χ4n) is 1.71. The van der Waals surface area contributed by atoms with Gasteiger partial charge in [0.25, 0.3) is 5.69 Å². The number of benzene rings is 2. The van der Waals surface area contributed by atoms with Crippen molar-refractivity contribution >= 4 is 39.2 Å². The van der Waals surface area contributed by atoms with E-state index in [1.807, 2.05) is 0 Å². The first kappa shape index (κ1) is 16.5. The smallest absolute Gasteiger partial charge is 0.324 e. The number of halogens is 2. The molecule has 0 fully saturated rings. The normalized spacial score (nSPS) is 11.7. The van der Waals surface area contributed by atoms with Gasteiger partial charge in [0.15, 0.2) is 0 Å². The van der Waals surface area contributed by atoms with Crippen LogP contribution in [0.4, 0.5) is 5.69 Å². The van der Waals surface area contributed by atoms with Crippen LogP contribution >= 0.6 is 27.5 Å². The predicted octanol–water partition coefficient (Wildman–Crippen LogP) is 4.43. The third kappa shape index (κ3) is 4.29. The van der Waals surface area contributed by atoms with Crippen LogP contribution in [0, 0.1) is 10.1 Å². The zero-order chi connectivity index (χ0) is 16.1. The number of nitrogens with zero attached hydrogens (tertiary/aromatic N) is 1. The zero-order valence-corrected chi connectivity index (χ0v) is 13.6. The van der Waals surface area contributed by atoms with Gasteiger partial charge in [-0.05, 0) is 35.4 Å². The van der Waals surface area contributed by atoms with E-state index in [2.05, 4.69) is 15.9 Å². The highest BCUT2D eigenvalue weighted by Crippen LogP contribution is 2.26. The van der Waals surface area contributed by atoms with E-state index in [9.17, 15) is 14.9 Å². The Morgan fingerprint density at radius 2 is 1.77 bits per heavy atom. The van der Waals surface area contributed by atoms with Gasteiger partial charge in [-0.25, -0.2) is 0 Å². The molecule has 0 radical (unpaired) electrons. The van der Waals surface area contributed by atoms with Gasteiger partial charge in [0.05, 0.1) is 4.92 Å². The fraction of sp³-hybridized carbons (Fsp3) is 0.133. The molecule has 0 N–H and O–H groups in total. The molecule has 2 rings (SSSR count). The summed E-state index contributed by atoms with van der Waals surface area (Å²) in [7, 11) is 0. The fourth-order valence-corrected chi connectivity index (χ4v) is 2.27. The quantitative estimate of drug-likeness (QED) is 0.331.